The third-order valence-electron chi connectivity index (χ3n) is 4.85. The summed E-state index contributed by atoms with van der Waals surface area (Å²) in [4.78, 5) is 16.7. The Balaban J connectivity index is 1.48. The molecule has 2 saturated heterocycles. The summed E-state index contributed by atoms with van der Waals surface area (Å²) < 4.78 is 5.17. The van der Waals surface area contributed by atoms with E-state index < -0.39 is 0 Å². The van der Waals surface area contributed by atoms with Crippen LogP contribution in [-0.4, -0.2) is 62.1 Å². The van der Waals surface area contributed by atoms with Gasteiger partial charge in [0.25, 0.3) is 0 Å². The number of hydrogen-bond acceptors (Lipinski definition) is 4. The number of hydrogen-bond donors (Lipinski definition) is 1. The maximum Gasteiger partial charge on any atom is 0.237 e. The van der Waals surface area contributed by atoms with E-state index in [0.29, 0.717) is 19.0 Å². The van der Waals surface area contributed by atoms with Gasteiger partial charge in [0.1, 0.15) is 5.75 Å². The summed E-state index contributed by atoms with van der Waals surface area (Å²) in [5.41, 5.74) is 1.16. The Morgan fingerprint density at radius 1 is 1.26 bits per heavy atom. The van der Waals surface area contributed by atoms with Gasteiger partial charge in [-0.2, -0.15) is 0 Å². The van der Waals surface area contributed by atoms with Crippen molar-refractivity contribution in [2.24, 2.45) is 5.92 Å². The monoisotopic (exact) mass is 317 g/mol. The van der Waals surface area contributed by atoms with Crippen molar-refractivity contribution in [3.8, 4) is 5.75 Å². The number of nitrogens with zero attached hydrogens (tertiary/aromatic N) is 2. The van der Waals surface area contributed by atoms with Crippen molar-refractivity contribution in [3.05, 3.63) is 29.8 Å². The molecule has 0 saturated carbocycles. The number of methoxy groups -OCH3 is 1. The van der Waals surface area contributed by atoms with Crippen molar-refractivity contribution < 1.29 is 9.53 Å². The Morgan fingerprint density at radius 2 is 2.09 bits per heavy atom. The fourth-order valence-corrected chi connectivity index (χ4v) is 3.48. The highest BCUT2D eigenvalue weighted by molar-refractivity contribution is 5.79. The molecule has 2 fully saturated rings. The number of amides is 1. The number of piperazine rings is 1. The molecule has 1 unspecified atom stereocenters. The SMILES string of the molecule is COc1ccc(CN2CCN(CC3CCCNC3)CC2=O)cc1. The fraction of sp³-hybridized carbons (Fsp3) is 0.611. The molecule has 2 aliphatic heterocycles. The summed E-state index contributed by atoms with van der Waals surface area (Å²) in [6.07, 6.45) is 2.54. The second-order valence-corrected chi connectivity index (χ2v) is 6.61. The van der Waals surface area contributed by atoms with E-state index in [1.807, 2.05) is 29.2 Å². The first-order valence-electron chi connectivity index (χ1n) is 8.58. The van der Waals surface area contributed by atoms with Crippen LogP contribution in [0.25, 0.3) is 0 Å². The van der Waals surface area contributed by atoms with E-state index in [9.17, 15) is 4.79 Å². The Labute approximate surface area is 138 Å². The molecule has 1 aromatic rings. The summed E-state index contributed by atoms with van der Waals surface area (Å²) in [5.74, 6) is 1.80. The van der Waals surface area contributed by atoms with Crippen LogP contribution in [0.4, 0.5) is 0 Å². The second-order valence-electron chi connectivity index (χ2n) is 6.61. The van der Waals surface area contributed by atoms with Crippen molar-refractivity contribution in [1.29, 1.82) is 0 Å². The van der Waals surface area contributed by atoms with E-state index in [1.54, 1.807) is 7.11 Å². The van der Waals surface area contributed by atoms with Crippen molar-refractivity contribution in [1.82, 2.24) is 15.1 Å². The lowest BCUT2D eigenvalue weighted by atomic mass is 9.99. The van der Waals surface area contributed by atoms with Crippen LogP contribution in [0.5, 0.6) is 5.75 Å². The quantitative estimate of drug-likeness (QED) is 0.890. The Kier molecular flexibility index (Phi) is 5.51. The summed E-state index contributed by atoms with van der Waals surface area (Å²) in [6.45, 7) is 6.36. The second kappa shape index (κ2) is 7.79. The zero-order chi connectivity index (χ0) is 16.1. The summed E-state index contributed by atoms with van der Waals surface area (Å²) in [6, 6.07) is 7.97. The molecule has 1 aromatic carbocycles. The van der Waals surface area contributed by atoms with Gasteiger partial charge < -0.3 is 15.0 Å². The lowest BCUT2D eigenvalue weighted by Gasteiger charge is -2.37. The molecule has 1 atom stereocenters. The Bertz CT molecular complexity index is 512. The molecule has 5 heteroatoms. The van der Waals surface area contributed by atoms with Crippen LogP contribution in [0.3, 0.4) is 0 Å². The minimum absolute atomic E-state index is 0.246. The topological polar surface area (TPSA) is 44.8 Å². The van der Waals surface area contributed by atoms with Crippen LogP contribution in [0, 0.1) is 5.92 Å². The van der Waals surface area contributed by atoms with E-state index in [4.69, 9.17) is 4.74 Å². The maximum atomic E-state index is 12.4. The van der Waals surface area contributed by atoms with E-state index in [1.165, 1.54) is 12.8 Å². The third kappa shape index (κ3) is 4.45. The summed E-state index contributed by atoms with van der Waals surface area (Å²) in [5, 5.41) is 3.45. The van der Waals surface area contributed by atoms with Gasteiger partial charge in [-0.05, 0) is 49.5 Å². The lowest BCUT2D eigenvalue weighted by Crippen LogP contribution is -2.51. The van der Waals surface area contributed by atoms with Gasteiger partial charge >= 0.3 is 0 Å². The van der Waals surface area contributed by atoms with Crippen LogP contribution in [0.15, 0.2) is 24.3 Å². The number of carbonyl (C=O) groups excluding carboxylic acids is 1. The van der Waals surface area contributed by atoms with Gasteiger partial charge in [0.05, 0.1) is 13.7 Å². The van der Waals surface area contributed by atoms with Crippen LogP contribution in [0.2, 0.25) is 0 Å². The third-order valence-corrected chi connectivity index (χ3v) is 4.85. The molecule has 0 bridgehead atoms. The molecule has 0 spiro atoms. The summed E-state index contributed by atoms with van der Waals surface area (Å²) in [7, 11) is 1.67. The van der Waals surface area contributed by atoms with Crippen LogP contribution >= 0.6 is 0 Å². The predicted molar refractivity (Wildman–Crippen MR) is 90.4 cm³/mol. The molecular formula is C18H27N3O2. The van der Waals surface area contributed by atoms with E-state index in [0.717, 1.165) is 44.0 Å². The molecule has 0 radical (unpaired) electrons. The maximum absolute atomic E-state index is 12.4. The Morgan fingerprint density at radius 3 is 2.74 bits per heavy atom. The molecule has 1 N–H and O–H groups in total. The first kappa shape index (κ1) is 16.3. The van der Waals surface area contributed by atoms with Crippen LogP contribution in [-0.2, 0) is 11.3 Å². The molecule has 2 aliphatic rings. The number of ether oxygens (including phenoxy) is 1. The number of rotatable bonds is 5. The highest BCUT2D eigenvalue weighted by Gasteiger charge is 2.26. The smallest absolute Gasteiger partial charge is 0.237 e. The highest BCUT2D eigenvalue weighted by atomic mass is 16.5. The van der Waals surface area contributed by atoms with Crippen molar-refractivity contribution in [2.75, 3.05) is 46.4 Å². The standard InChI is InChI=1S/C18H27N3O2/c1-23-17-6-4-15(5-7-17)13-21-10-9-20(14-18(21)22)12-16-3-2-8-19-11-16/h4-7,16,19H,2-3,8-14H2,1H3. The number of nitrogens with one attached hydrogen (secondary N) is 1. The van der Waals surface area contributed by atoms with Crippen molar-refractivity contribution in [3.63, 3.8) is 0 Å². The first-order valence-corrected chi connectivity index (χ1v) is 8.58. The van der Waals surface area contributed by atoms with E-state index in [2.05, 4.69) is 10.2 Å². The normalized spacial score (nSPS) is 23.1. The molecule has 5 nitrogen and oxygen atoms in total. The van der Waals surface area contributed by atoms with Gasteiger partial charge in [-0.15, -0.1) is 0 Å². The summed E-state index contributed by atoms with van der Waals surface area (Å²) >= 11 is 0. The van der Waals surface area contributed by atoms with Crippen molar-refractivity contribution in [2.45, 2.75) is 19.4 Å². The molecule has 1 amide bonds. The van der Waals surface area contributed by atoms with Gasteiger partial charge in [0, 0.05) is 26.2 Å². The molecular weight excluding hydrogens is 290 g/mol. The van der Waals surface area contributed by atoms with Gasteiger partial charge in [-0.25, -0.2) is 0 Å². The van der Waals surface area contributed by atoms with Crippen molar-refractivity contribution >= 4 is 5.91 Å². The fourth-order valence-electron chi connectivity index (χ4n) is 3.48. The van der Waals surface area contributed by atoms with Crippen LogP contribution < -0.4 is 10.1 Å². The number of carbonyl (C=O) groups is 1. The lowest BCUT2D eigenvalue weighted by molar-refractivity contribution is -0.136. The van der Waals surface area contributed by atoms with Gasteiger partial charge in [-0.1, -0.05) is 12.1 Å². The first-order chi connectivity index (χ1) is 11.2. The Hall–Kier alpha value is -1.59. The minimum Gasteiger partial charge on any atom is -0.497 e. The molecule has 23 heavy (non-hydrogen) atoms. The van der Waals surface area contributed by atoms with Gasteiger partial charge in [-0.3, -0.25) is 9.69 Å². The molecule has 3 rings (SSSR count). The molecule has 0 aromatic heterocycles. The number of benzene rings is 1. The number of piperidine rings is 1. The average molecular weight is 317 g/mol. The highest BCUT2D eigenvalue weighted by Crippen LogP contribution is 2.16. The molecule has 2 heterocycles. The van der Waals surface area contributed by atoms with E-state index in [-0.39, 0.29) is 5.91 Å². The largest absolute Gasteiger partial charge is 0.497 e. The average Bonchev–Trinajstić information content (AvgIpc) is 2.59. The van der Waals surface area contributed by atoms with Gasteiger partial charge in [0.2, 0.25) is 5.91 Å². The van der Waals surface area contributed by atoms with E-state index >= 15 is 0 Å². The molecule has 0 aliphatic carbocycles. The predicted octanol–water partition coefficient (Wildman–Crippen LogP) is 1.34. The zero-order valence-electron chi connectivity index (χ0n) is 14.0. The molecule has 126 valence electrons. The zero-order valence-corrected chi connectivity index (χ0v) is 14.0. The van der Waals surface area contributed by atoms with Crippen LogP contribution in [0.1, 0.15) is 18.4 Å². The minimum atomic E-state index is 0.246. The van der Waals surface area contributed by atoms with Gasteiger partial charge in [0.15, 0.2) is 0 Å².